The Morgan fingerprint density at radius 2 is 2.27 bits per heavy atom. The second-order valence-corrected chi connectivity index (χ2v) is 3.79. The Kier molecular flexibility index (Phi) is 5.15. The van der Waals surface area contributed by atoms with Crippen LogP contribution < -0.4 is 15.8 Å². The van der Waals surface area contributed by atoms with Crippen molar-refractivity contribution < 1.29 is 4.74 Å². The van der Waals surface area contributed by atoms with E-state index in [4.69, 9.17) is 10.5 Å². The van der Waals surface area contributed by atoms with E-state index in [2.05, 4.69) is 11.4 Å². The lowest BCUT2D eigenvalue weighted by molar-refractivity contribution is 0.414. The van der Waals surface area contributed by atoms with Gasteiger partial charge in [0.1, 0.15) is 5.75 Å². The van der Waals surface area contributed by atoms with Gasteiger partial charge in [-0.05, 0) is 37.6 Å². The third kappa shape index (κ3) is 4.81. The van der Waals surface area contributed by atoms with Crippen molar-refractivity contribution in [1.82, 2.24) is 5.32 Å². The van der Waals surface area contributed by atoms with E-state index in [-0.39, 0.29) is 6.04 Å². The summed E-state index contributed by atoms with van der Waals surface area (Å²) in [5.41, 5.74) is 6.89. The van der Waals surface area contributed by atoms with E-state index in [0.29, 0.717) is 0 Å². The Bertz CT molecular complexity index is 287. The van der Waals surface area contributed by atoms with Crippen molar-refractivity contribution in [3.8, 4) is 5.75 Å². The number of ether oxygens (including phenoxy) is 1. The van der Waals surface area contributed by atoms with Crippen LogP contribution in [0, 0.1) is 0 Å². The molecule has 0 spiro atoms. The van der Waals surface area contributed by atoms with E-state index in [1.165, 1.54) is 5.56 Å². The van der Waals surface area contributed by atoms with E-state index >= 15 is 0 Å². The molecule has 1 aromatic rings. The standard InChI is InChI=1S/C12H20N2O/c1-10(13)6-7-14-9-11-4-3-5-12(8-11)15-2/h3-5,8,10,14H,6-7,9,13H2,1-2H3. The van der Waals surface area contributed by atoms with Gasteiger partial charge in [0.25, 0.3) is 0 Å². The molecule has 3 nitrogen and oxygen atoms in total. The first-order chi connectivity index (χ1) is 7.22. The molecule has 1 rings (SSSR count). The summed E-state index contributed by atoms with van der Waals surface area (Å²) in [6.45, 7) is 3.84. The number of nitrogens with two attached hydrogens (primary N) is 1. The molecule has 3 N–H and O–H groups in total. The molecule has 0 fully saturated rings. The second kappa shape index (κ2) is 6.43. The third-order valence-electron chi connectivity index (χ3n) is 2.24. The predicted octanol–water partition coefficient (Wildman–Crippen LogP) is 1.52. The van der Waals surface area contributed by atoms with E-state index in [0.717, 1.165) is 25.3 Å². The smallest absolute Gasteiger partial charge is 0.119 e. The summed E-state index contributed by atoms with van der Waals surface area (Å²) in [6, 6.07) is 8.34. The minimum absolute atomic E-state index is 0.266. The van der Waals surface area contributed by atoms with Crippen LogP contribution in [0.3, 0.4) is 0 Å². The zero-order valence-corrected chi connectivity index (χ0v) is 9.49. The Labute approximate surface area is 91.6 Å². The molecule has 1 aromatic carbocycles. The fourth-order valence-electron chi connectivity index (χ4n) is 1.34. The molecule has 15 heavy (non-hydrogen) atoms. The molecule has 0 saturated heterocycles. The zero-order chi connectivity index (χ0) is 11.1. The largest absolute Gasteiger partial charge is 0.497 e. The summed E-state index contributed by atoms with van der Waals surface area (Å²) in [7, 11) is 1.68. The van der Waals surface area contributed by atoms with E-state index in [1.54, 1.807) is 7.11 Å². The van der Waals surface area contributed by atoms with Gasteiger partial charge in [0.05, 0.1) is 7.11 Å². The SMILES string of the molecule is COc1cccc(CNCCC(C)N)c1. The number of rotatable bonds is 6. The highest BCUT2D eigenvalue weighted by atomic mass is 16.5. The van der Waals surface area contributed by atoms with Gasteiger partial charge in [-0.1, -0.05) is 12.1 Å². The maximum absolute atomic E-state index is 5.66. The average Bonchev–Trinajstić information content (AvgIpc) is 2.24. The number of benzene rings is 1. The van der Waals surface area contributed by atoms with Gasteiger partial charge in [-0.25, -0.2) is 0 Å². The van der Waals surface area contributed by atoms with Crippen LogP contribution in [0.15, 0.2) is 24.3 Å². The first-order valence-corrected chi connectivity index (χ1v) is 5.31. The molecule has 0 aliphatic carbocycles. The van der Waals surface area contributed by atoms with E-state index in [1.807, 2.05) is 25.1 Å². The molecule has 0 heterocycles. The molecule has 84 valence electrons. The van der Waals surface area contributed by atoms with Crippen molar-refractivity contribution in [1.29, 1.82) is 0 Å². The Balaban J connectivity index is 2.30. The summed E-state index contributed by atoms with van der Waals surface area (Å²) in [6.07, 6.45) is 1.00. The van der Waals surface area contributed by atoms with Crippen LogP contribution in [0.25, 0.3) is 0 Å². The van der Waals surface area contributed by atoms with Gasteiger partial charge in [0.2, 0.25) is 0 Å². The van der Waals surface area contributed by atoms with Crippen LogP contribution in [-0.2, 0) is 6.54 Å². The highest BCUT2D eigenvalue weighted by molar-refractivity contribution is 5.28. The van der Waals surface area contributed by atoms with Crippen molar-refractivity contribution in [3.05, 3.63) is 29.8 Å². The molecule has 0 aliphatic rings. The lowest BCUT2D eigenvalue weighted by atomic mass is 10.2. The van der Waals surface area contributed by atoms with Crippen molar-refractivity contribution in [2.24, 2.45) is 5.73 Å². The van der Waals surface area contributed by atoms with Gasteiger partial charge in [0.15, 0.2) is 0 Å². The highest BCUT2D eigenvalue weighted by Crippen LogP contribution is 2.11. The van der Waals surface area contributed by atoms with Gasteiger partial charge >= 0.3 is 0 Å². The molecule has 0 saturated carbocycles. The molecule has 0 amide bonds. The normalized spacial score (nSPS) is 12.5. The van der Waals surface area contributed by atoms with Crippen LogP contribution in [0.2, 0.25) is 0 Å². The minimum atomic E-state index is 0.266. The molecule has 0 radical (unpaired) electrons. The third-order valence-corrected chi connectivity index (χ3v) is 2.24. The second-order valence-electron chi connectivity index (χ2n) is 3.79. The number of hydrogen-bond donors (Lipinski definition) is 2. The van der Waals surface area contributed by atoms with E-state index in [9.17, 15) is 0 Å². The number of nitrogens with one attached hydrogen (secondary N) is 1. The van der Waals surface area contributed by atoms with E-state index < -0.39 is 0 Å². The van der Waals surface area contributed by atoms with Gasteiger partial charge in [0, 0.05) is 12.6 Å². The quantitative estimate of drug-likeness (QED) is 0.697. The first kappa shape index (κ1) is 12.0. The van der Waals surface area contributed by atoms with Gasteiger partial charge in [-0.3, -0.25) is 0 Å². The Hall–Kier alpha value is -1.06. The summed E-state index contributed by atoms with van der Waals surface area (Å²) in [4.78, 5) is 0. The maximum atomic E-state index is 5.66. The molecule has 0 aromatic heterocycles. The van der Waals surface area contributed by atoms with Crippen LogP contribution in [0.1, 0.15) is 18.9 Å². The number of hydrogen-bond acceptors (Lipinski definition) is 3. The predicted molar refractivity (Wildman–Crippen MR) is 63.0 cm³/mol. The van der Waals surface area contributed by atoms with Gasteiger partial charge in [-0.2, -0.15) is 0 Å². The van der Waals surface area contributed by atoms with Crippen molar-refractivity contribution in [2.75, 3.05) is 13.7 Å². The monoisotopic (exact) mass is 208 g/mol. The van der Waals surface area contributed by atoms with Crippen molar-refractivity contribution in [2.45, 2.75) is 25.9 Å². The Morgan fingerprint density at radius 3 is 2.93 bits per heavy atom. The summed E-state index contributed by atoms with van der Waals surface area (Å²) in [5, 5.41) is 3.35. The van der Waals surface area contributed by atoms with Crippen LogP contribution in [0.4, 0.5) is 0 Å². The summed E-state index contributed by atoms with van der Waals surface area (Å²) >= 11 is 0. The summed E-state index contributed by atoms with van der Waals surface area (Å²) < 4.78 is 5.15. The molecule has 0 bridgehead atoms. The molecular weight excluding hydrogens is 188 g/mol. The van der Waals surface area contributed by atoms with Crippen molar-refractivity contribution in [3.63, 3.8) is 0 Å². The van der Waals surface area contributed by atoms with Crippen molar-refractivity contribution >= 4 is 0 Å². The molecule has 0 aliphatic heterocycles. The average molecular weight is 208 g/mol. The highest BCUT2D eigenvalue weighted by Gasteiger charge is 1.96. The lowest BCUT2D eigenvalue weighted by Crippen LogP contribution is -2.23. The lowest BCUT2D eigenvalue weighted by Gasteiger charge is -2.08. The van der Waals surface area contributed by atoms with Crippen LogP contribution >= 0.6 is 0 Å². The number of methoxy groups -OCH3 is 1. The zero-order valence-electron chi connectivity index (χ0n) is 9.49. The summed E-state index contributed by atoms with van der Waals surface area (Å²) in [5.74, 6) is 0.904. The van der Waals surface area contributed by atoms with Gasteiger partial charge in [-0.15, -0.1) is 0 Å². The van der Waals surface area contributed by atoms with Gasteiger partial charge < -0.3 is 15.8 Å². The first-order valence-electron chi connectivity index (χ1n) is 5.31. The molecule has 3 heteroatoms. The van der Waals surface area contributed by atoms with Crippen LogP contribution in [-0.4, -0.2) is 19.7 Å². The molecule has 1 unspecified atom stereocenters. The fourth-order valence-corrected chi connectivity index (χ4v) is 1.34. The molecule has 1 atom stereocenters. The fraction of sp³-hybridized carbons (Fsp3) is 0.500. The van der Waals surface area contributed by atoms with Crippen LogP contribution in [0.5, 0.6) is 5.75 Å². The minimum Gasteiger partial charge on any atom is -0.497 e. The molecular formula is C12H20N2O. The topological polar surface area (TPSA) is 47.3 Å². The maximum Gasteiger partial charge on any atom is 0.119 e. The Morgan fingerprint density at radius 1 is 1.47 bits per heavy atom.